The lowest BCUT2D eigenvalue weighted by Gasteiger charge is -2.12. The number of anilines is 2. The number of fused-ring (bicyclic) bond motifs is 1. The molecule has 1 aromatic heterocycles. The number of aliphatic hydroxyl groups excluding tert-OH is 2. The van der Waals surface area contributed by atoms with Crippen LogP contribution in [0, 0.1) is 6.92 Å². The molecule has 0 fully saturated rings. The molecule has 0 spiro atoms. The predicted molar refractivity (Wildman–Crippen MR) is 80.2 cm³/mol. The van der Waals surface area contributed by atoms with E-state index >= 15 is 0 Å². The van der Waals surface area contributed by atoms with Gasteiger partial charge in [0, 0.05) is 13.5 Å². The molecule has 4 N–H and O–H groups in total. The second-order valence-electron chi connectivity index (χ2n) is 4.52. The Morgan fingerprint density at radius 2 is 2.25 bits per heavy atom. The third-order valence-electron chi connectivity index (χ3n) is 2.77. The van der Waals surface area contributed by atoms with Gasteiger partial charge in [-0.3, -0.25) is 4.79 Å². The van der Waals surface area contributed by atoms with Crippen LogP contribution in [0.25, 0.3) is 10.2 Å². The number of aliphatic hydroxyl groups is 2. The van der Waals surface area contributed by atoms with Crippen LogP contribution < -0.4 is 10.6 Å². The summed E-state index contributed by atoms with van der Waals surface area (Å²) in [6, 6.07) is 3.81. The van der Waals surface area contributed by atoms with Gasteiger partial charge in [-0.05, 0) is 18.6 Å². The van der Waals surface area contributed by atoms with Crippen LogP contribution in [0.3, 0.4) is 0 Å². The van der Waals surface area contributed by atoms with Crippen molar-refractivity contribution < 1.29 is 15.0 Å². The maximum Gasteiger partial charge on any atom is 0.223 e. The summed E-state index contributed by atoms with van der Waals surface area (Å²) in [6.07, 6.45) is -0.813. The summed E-state index contributed by atoms with van der Waals surface area (Å²) in [5, 5.41) is 24.6. The molecule has 0 saturated heterocycles. The Kier molecular flexibility index (Phi) is 4.53. The zero-order valence-corrected chi connectivity index (χ0v) is 12.1. The molecule has 1 amide bonds. The Hall–Kier alpha value is -1.70. The number of carbonyl (C=O) groups excluding carboxylic acids is 1. The van der Waals surface area contributed by atoms with Gasteiger partial charge in [0.05, 0.1) is 28.6 Å². The van der Waals surface area contributed by atoms with E-state index in [-0.39, 0.29) is 19.1 Å². The second kappa shape index (κ2) is 6.17. The molecule has 1 unspecified atom stereocenters. The molecule has 6 nitrogen and oxygen atoms in total. The monoisotopic (exact) mass is 295 g/mol. The molecule has 0 bridgehead atoms. The van der Waals surface area contributed by atoms with Gasteiger partial charge in [0.2, 0.25) is 5.91 Å². The van der Waals surface area contributed by atoms with Gasteiger partial charge in [0.25, 0.3) is 0 Å². The molecule has 0 radical (unpaired) electrons. The van der Waals surface area contributed by atoms with Gasteiger partial charge in [0.15, 0.2) is 5.13 Å². The fourth-order valence-corrected chi connectivity index (χ4v) is 2.88. The number of aryl methyl sites for hydroxylation is 1. The van der Waals surface area contributed by atoms with E-state index in [0.29, 0.717) is 5.13 Å². The third kappa shape index (κ3) is 3.24. The number of aromatic nitrogens is 1. The zero-order chi connectivity index (χ0) is 14.7. The fourth-order valence-electron chi connectivity index (χ4n) is 1.80. The third-order valence-corrected chi connectivity index (χ3v) is 3.78. The van der Waals surface area contributed by atoms with Crippen LogP contribution in [0.15, 0.2) is 12.1 Å². The van der Waals surface area contributed by atoms with E-state index in [2.05, 4.69) is 15.6 Å². The molecule has 2 aromatic rings. The van der Waals surface area contributed by atoms with Crippen molar-refractivity contribution in [3.05, 3.63) is 17.7 Å². The number of hydrogen-bond donors (Lipinski definition) is 4. The number of hydrogen-bond acceptors (Lipinski definition) is 6. The Labute approximate surface area is 120 Å². The number of benzene rings is 1. The largest absolute Gasteiger partial charge is 0.394 e. The van der Waals surface area contributed by atoms with Crippen LogP contribution in [0.4, 0.5) is 10.8 Å². The standard InChI is InChI=1S/C13H17N3O3S/c1-7-3-4-10-12(11(7)14-5-9(19)6-17)20-13(16-10)15-8(2)18/h3-4,9,14,17,19H,5-6H2,1-2H3,(H,15,16,18). The molecule has 1 atom stereocenters. The maximum atomic E-state index is 11.1. The number of carbonyl (C=O) groups is 1. The van der Waals surface area contributed by atoms with Crippen LogP contribution in [0.2, 0.25) is 0 Å². The maximum absolute atomic E-state index is 11.1. The van der Waals surface area contributed by atoms with Crippen LogP contribution in [-0.2, 0) is 4.79 Å². The lowest BCUT2D eigenvalue weighted by atomic mass is 10.2. The molecule has 108 valence electrons. The van der Waals surface area contributed by atoms with E-state index in [1.165, 1.54) is 18.3 Å². The molecule has 0 saturated carbocycles. The first-order valence-corrected chi connectivity index (χ1v) is 7.03. The minimum Gasteiger partial charge on any atom is -0.394 e. The molecule has 2 rings (SSSR count). The normalized spacial score (nSPS) is 12.4. The number of nitrogens with zero attached hydrogens (tertiary/aromatic N) is 1. The van der Waals surface area contributed by atoms with E-state index in [0.717, 1.165) is 21.5 Å². The van der Waals surface area contributed by atoms with Crippen LogP contribution in [0.5, 0.6) is 0 Å². The summed E-state index contributed by atoms with van der Waals surface area (Å²) in [4.78, 5) is 15.4. The van der Waals surface area contributed by atoms with Crippen LogP contribution >= 0.6 is 11.3 Å². The fraction of sp³-hybridized carbons (Fsp3) is 0.385. The van der Waals surface area contributed by atoms with E-state index in [4.69, 9.17) is 5.11 Å². The van der Waals surface area contributed by atoms with Gasteiger partial charge in [-0.1, -0.05) is 17.4 Å². The van der Waals surface area contributed by atoms with Crippen molar-refractivity contribution in [1.29, 1.82) is 0 Å². The number of nitrogens with one attached hydrogen (secondary N) is 2. The van der Waals surface area contributed by atoms with Crippen molar-refractivity contribution in [2.75, 3.05) is 23.8 Å². The molecule has 0 aliphatic carbocycles. The lowest BCUT2D eigenvalue weighted by Crippen LogP contribution is -2.23. The Morgan fingerprint density at radius 1 is 1.50 bits per heavy atom. The average Bonchev–Trinajstić information content (AvgIpc) is 2.78. The predicted octanol–water partition coefficient (Wildman–Crippen LogP) is 1.33. The highest BCUT2D eigenvalue weighted by molar-refractivity contribution is 7.23. The molecule has 0 aliphatic rings. The van der Waals surface area contributed by atoms with Crippen molar-refractivity contribution in [2.45, 2.75) is 20.0 Å². The first kappa shape index (κ1) is 14.7. The first-order chi connectivity index (χ1) is 9.51. The van der Waals surface area contributed by atoms with Crippen LogP contribution in [0.1, 0.15) is 12.5 Å². The topological polar surface area (TPSA) is 94.5 Å². The zero-order valence-electron chi connectivity index (χ0n) is 11.3. The summed E-state index contributed by atoms with van der Waals surface area (Å²) in [7, 11) is 0. The van der Waals surface area contributed by atoms with Crippen molar-refractivity contribution >= 4 is 38.3 Å². The lowest BCUT2D eigenvalue weighted by molar-refractivity contribution is -0.114. The van der Waals surface area contributed by atoms with Gasteiger partial charge in [-0.2, -0.15) is 0 Å². The molecular formula is C13H17N3O3S. The first-order valence-electron chi connectivity index (χ1n) is 6.21. The highest BCUT2D eigenvalue weighted by Crippen LogP contribution is 2.34. The quantitative estimate of drug-likeness (QED) is 0.667. The van der Waals surface area contributed by atoms with Crippen LogP contribution in [-0.4, -0.2) is 40.4 Å². The summed E-state index contributed by atoms with van der Waals surface area (Å²) < 4.78 is 0.916. The summed E-state index contributed by atoms with van der Waals surface area (Å²) >= 11 is 1.38. The van der Waals surface area contributed by atoms with E-state index < -0.39 is 6.10 Å². The van der Waals surface area contributed by atoms with Gasteiger partial charge < -0.3 is 20.8 Å². The van der Waals surface area contributed by atoms with Crippen molar-refractivity contribution in [3.63, 3.8) is 0 Å². The highest BCUT2D eigenvalue weighted by Gasteiger charge is 2.12. The summed E-state index contributed by atoms with van der Waals surface area (Å²) in [5.41, 5.74) is 2.66. The highest BCUT2D eigenvalue weighted by atomic mass is 32.1. The minimum atomic E-state index is -0.813. The van der Waals surface area contributed by atoms with Crippen molar-refractivity contribution in [2.24, 2.45) is 0 Å². The van der Waals surface area contributed by atoms with Gasteiger partial charge in [0.1, 0.15) is 0 Å². The van der Waals surface area contributed by atoms with Crippen molar-refractivity contribution in [3.8, 4) is 0 Å². The molecule has 7 heteroatoms. The number of thiazole rings is 1. The van der Waals surface area contributed by atoms with E-state index in [1.807, 2.05) is 19.1 Å². The molecule has 20 heavy (non-hydrogen) atoms. The van der Waals surface area contributed by atoms with E-state index in [1.54, 1.807) is 0 Å². The Bertz CT molecular complexity index is 627. The SMILES string of the molecule is CC(=O)Nc1nc2ccc(C)c(NCC(O)CO)c2s1. The average molecular weight is 295 g/mol. The van der Waals surface area contributed by atoms with Crippen molar-refractivity contribution in [1.82, 2.24) is 4.98 Å². The number of amides is 1. The van der Waals surface area contributed by atoms with Gasteiger partial charge >= 0.3 is 0 Å². The summed E-state index contributed by atoms with van der Waals surface area (Å²) in [6.45, 7) is 3.35. The van der Waals surface area contributed by atoms with Gasteiger partial charge in [-0.15, -0.1) is 0 Å². The molecule has 1 heterocycles. The van der Waals surface area contributed by atoms with E-state index in [9.17, 15) is 9.90 Å². The molecule has 0 aliphatic heterocycles. The Balaban J connectivity index is 2.33. The molecule has 1 aromatic carbocycles. The number of rotatable bonds is 5. The minimum absolute atomic E-state index is 0.161. The van der Waals surface area contributed by atoms with Gasteiger partial charge in [-0.25, -0.2) is 4.98 Å². The smallest absolute Gasteiger partial charge is 0.223 e. The second-order valence-corrected chi connectivity index (χ2v) is 5.52. The Morgan fingerprint density at radius 3 is 2.90 bits per heavy atom. The summed E-state index contributed by atoms with van der Waals surface area (Å²) in [5.74, 6) is -0.161. The molecular weight excluding hydrogens is 278 g/mol.